The zero-order valence-corrected chi connectivity index (χ0v) is 11.3. The second kappa shape index (κ2) is 4.61. The number of nitrogens with zero attached hydrogens (tertiary/aromatic N) is 4. The molecule has 3 rings (SSSR count). The molecule has 98 valence electrons. The summed E-state index contributed by atoms with van der Waals surface area (Å²) < 4.78 is 20.3. The fraction of sp³-hybridized carbons (Fsp3) is 0.182. The molecule has 0 amide bonds. The van der Waals surface area contributed by atoms with E-state index in [0.29, 0.717) is 40.2 Å². The Morgan fingerprint density at radius 2 is 2.26 bits per heavy atom. The van der Waals surface area contributed by atoms with Crippen molar-refractivity contribution in [1.29, 1.82) is 0 Å². The topological polar surface area (TPSA) is 82.8 Å². The van der Waals surface area contributed by atoms with Gasteiger partial charge in [-0.05, 0) is 22.0 Å². The Hall–Kier alpha value is -1.96. The molecule has 2 heterocycles. The van der Waals surface area contributed by atoms with E-state index >= 15 is 0 Å². The lowest BCUT2D eigenvalue weighted by Gasteiger charge is -2.04. The molecular weight excluding hydrogens is 317 g/mol. The highest BCUT2D eigenvalue weighted by Crippen LogP contribution is 2.25. The van der Waals surface area contributed by atoms with Crippen LogP contribution in [0.15, 0.2) is 27.5 Å². The molecule has 0 aliphatic heterocycles. The molecule has 0 aliphatic carbocycles. The summed E-state index contributed by atoms with van der Waals surface area (Å²) in [5.74, 6) is 0.544. The van der Waals surface area contributed by atoms with Crippen LogP contribution in [0.3, 0.4) is 0 Å². The minimum Gasteiger partial charge on any atom is -0.369 e. The third kappa shape index (κ3) is 2.19. The first kappa shape index (κ1) is 12.1. The van der Waals surface area contributed by atoms with E-state index in [0.717, 1.165) is 0 Å². The molecule has 0 saturated heterocycles. The number of halogens is 2. The van der Waals surface area contributed by atoms with Crippen LogP contribution in [0.1, 0.15) is 5.82 Å². The smallest absolute Gasteiger partial charge is 0.213 e. The average Bonchev–Trinajstić information content (AvgIpc) is 2.96. The fourth-order valence-electron chi connectivity index (χ4n) is 1.89. The van der Waals surface area contributed by atoms with Gasteiger partial charge in [-0.3, -0.25) is 0 Å². The fourth-order valence-corrected chi connectivity index (χ4v) is 2.22. The first-order chi connectivity index (χ1) is 9.15. The minimum atomic E-state index is -0.354. The number of fused-ring (bicyclic) bond motifs is 1. The van der Waals surface area contributed by atoms with Gasteiger partial charge in [0, 0.05) is 19.0 Å². The normalized spacial score (nSPS) is 11.3. The van der Waals surface area contributed by atoms with Crippen LogP contribution in [-0.2, 0) is 13.0 Å². The van der Waals surface area contributed by atoms with E-state index in [1.165, 1.54) is 12.5 Å². The number of benzene rings is 1. The third-order valence-corrected chi connectivity index (χ3v) is 3.39. The molecule has 6 nitrogen and oxygen atoms in total. The van der Waals surface area contributed by atoms with Gasteiger partial charge in [0.05, 0.1) is 15.5 Å². The van der Waals surface area contributed by atoms with Crippen molar-refractivity contribution in [3.8, 4) is 0 Å². The number of imidazole rings is 1. The van der Waals surface area contributed by atoms with Crippen molar-refractivity contribution in [2.75, 3.05) is 5.73 Å². The van der Waals surface area contributed by atoms with Crippen LogP contribution in [0.4, 0.5) is 10.3 Å². The Kier molecular flexibility index (Phi) is 2.94. The summed E-state index contributed by atoms with van der Waals surface area (Å²) in [6.07, 6.45) is 1.80. The standard InChI is InChI=1S/C11H9BrFN5O/c12-6-3-8-9(4-7(6)13)18(11(14)16-8)2-1-10-15-5-19-17-10/h3-5H,1-2H2,(H2,14,16). The zero-order valence-electron chi connectivity index (χ0n) is 9.68. The van der Waals surface area contributed by atoms with Gasteiger partial charge in [-0.1, -0.05) is 5.16 Å². The van der Waals surface area contributed by atoms with Gasteiger partial charge in [0.1, 0.15) is 5.82 Å². The van der Waals surface area contributed by atoms with Crippen molar-refractivity contribution in [3.05, 3.63) is 34.6 Å². The number of rotatable bonds is 3. The Balaban J connectivity index is 1.98. The Morgan fingerprint density at radius 1 is 1.42 bits per heavy atom. The van der Waals surface area contributed by atoms with Crippen LogP contribution in [0.5, 0.6) is 0 Å². The second-order valence-electron chi connectivity index (χ2n) is 3.97. The molecule has 2 aromatic heterocycles. The van der Waals surface area contributed by atoms with Crippen LogP contribution in [0.25, 0.3) is 11.0 Å². The highest BCUT2D eigenvalue weighted by molar-refractivity contribution is 9.10. The van der Waals surface area contributed by atoms with Crippen LogP contribution >= 0.6 is 15.9 Å². The van der Waals surface area contributed by atoms with Crippen molar-refractivity contribution in [2.24, 2.45) is 0 Å². The zero-order chi connectivity index (χ0) is 13.4. The molecule has 19 heavy (non-hydrogen) atoms. The number of aryl methyl sites for hydroxylation is 2. The molecule has 3 aromatic rings. The third-order valence-electron chi connectivity index (χ3n) is 2.79. The van der Waals surface area contributed by atoms with Crippen molar-refractivity contribution < 1.29 is 8.91 Å². The summed E-state index contributed by atoms with van der Waals surface area (Å²) in [5, 5.41) is 3.71. The first-order valence-corrected chi connectivity index (χ1v) is 6.30. The van der Waals surface area contributed by atoms with Crippen molar-refractivity contribution in [1.82, 2.24) is 19.7 Å². The van der Waals surface area contributed by atoms with Crippen molar-refractivity contribution in [3.63, 3.8) is 0 Å². The lowest BCUT2D eigenvalue weighted by atomic mass is 10.3. The molecule has 2 N–H and O–H groups in total. The van der Waals surface area contributed by atoms with Crippen LogP contribution < -0.4 is 5.73 Å². The monoisotopic (exact) mass is 325 g/mol. The SMILES string of the molecule is Nc1nc2cc(Br)c(F)cc2n1CCc1ncon1. The van der Waals surface area contributed by atoms with Gasteiger partial charge in [0.25, 0.3) is 0 Å². The summed E-state index contributed by atoms with van der Waals surface area (Å²) in [4.78, 5) is 8.12. The Morgan fingerprint density at radius 3 is 3.00 bits per heavy atom. The average molecular weight is 326 g/mol. The van der Waals surface area contributed by atoms with Gasteiger partial charge in [0.15, 0.2) is 5.82 Å². The molecule has 0 radical (unpaired) electrons. The molecule has 0 bridgehead atoms. The summed E-state index contributed by atoms with van der Waals surface area (Å²) in [6, 6.07) is 3.00. The van der Waals surface area contributed by atoms with Gasteiger partial charge in [0.2, 0.25) is 12.3 Å². The Bertz CT molecular complexity index is 724. The summed E-state index contributed by atoms with van der Waals surface area (Å²) >= 11 is 3.12. The molecule has 0 fully saturated rings. The molecule has 0 saturated carbocycles. The van der Waals surface area contributed by atoms with Crippen molar-refractivity contribution >= 4 is 32.9 Å². The number of hydrogen-bond acceptors (Lipinski definition) is 5. The quantitative estimate of drug-likeness (QED) is 0.797. The van der Waals surface area contributed by atoms with E-state index in [9.17, 15) is 4.39 Å². The molecular formula is C11H9BrFN5O. The minimum absolute atomic E-state index is 0.330. The van der Waals surface area contributed by atoms with E-state index in [1.54, 1.807) is 10.6 Å². The maximum Gasteiger partial charge on any atom is 0.213 e. The van der Waals surface area contributed by atoms with E-state index < -0.39 is 0 Å². The molecule has 8 heteroatoms. The summed E-state index contributed by atoms with van der Waals surface area (Å²) in [6.45, 7) is 0.503. The molecule has 0 unspecified atom stereocenters. The van der Waals surface area contributed by atoms with Gasteiger partial charge >= 0.3 is 0 Å². The molecule has 0 atom stereocenters. The summed E-state index contributed by atoms with van der Waals surface area (Å²) in [7, 11) is 0. The van der Waals surface area contributed by atoms with Gasteiger partial charge in [-0.2, -0.15) is 4.98 Å². The maximum absolute atomic E-state index is 13.6. The maximum atomic E-state index is 13.6. The van der Waals surface area contributed by atoms with Crippen LogP contribution in [-0.4, -0.2) is 19.7 Å². The lowest BCUT2D eigenvalue weighted by Crippen LogP contribution is -2.06. The molecule has 1 aromatic carbocycles. The number of nitrogens with two attached hydrogens (primary N) is 1. The largest absolute Gasteiger partial charge is 0.369 e. The van der Waals surface area contributed by atoms with Gasteiger partial charge < -0.3 is 14.8 Å². The Labute approximate surface area is 115 Å². The van der Waals surface area contributed by atoms with E-state index in [2.05, 4.69) is 35.6 Å². The highest BCUT2D eigenvalue weighted by Gasteiger charge is 2.12. The van der Waals surface area contributed by atoms with Crippen LogP contribution in [0, 0.1) is 5.82 Å². The number of anilines is 1. The predicted octanol–water partition coefficient (Wildman–Crippen LogP) is 2.15. The summed E-state index contributed by atoms with van der Waals surface area (Å²) in [5.41, 5.74) is 7.12. The van der Waals surface area contributed by atoms with Gasteiger partial charge in [-0.15, -0.1) is 0 Å². The predicted molar refractivity (Wildman–Crippen MR) is 69.8 cm³/mol. The number of hydrogen-bond donors (Lipinski definition) is 1. The van der Waals surface area contributed by atoms with E-state index in [1.807, 2.05) is 0 Å². The highest BCUT2D eigenvalue weighted by atomic mass is 79.9. The van der Waals surface area contributed by atoms with E-state index in [-0.39, 0.29) is 5.82 Å². The number of aromatic nitrogens is 4. The molecule has 0 spiro atoms. The van der Waals surface area contributed by atoms with Crippen molar-refractivity contribution in [2.45, 2.75) is 13.0 Å². The van der Waals surface area contributed by atoms with E-state index in [4.69, 9.17) is 5.73 Å². The first-order valence-electron chi connectivity index (χ1n) is 5.51. The lowest BCUT2D eigenvalue weighted by molar-refractivity contribution is 0.408. The number of nitrogen functional groups attached to an aromatic ring is 1. The van der Waals surface area contributed by atoms with Crippen LogP contribution in [0.2, 0.25) is 0 Å². The van der Waals surface area contributed by atoms with Gasteiger partial charge in [-0.25, -0.2) is 9.37 Å². The molecule has 0 aliphatic rings. The second-order valence-corrected chi connectivity index (χ2v) is 4.83.